The van der Waals surface area contributed by atoms with Gasteiger partial charge in [-0.05, 0) is 32.6 Å². The highest BCUT2D eigenvalue weighted by molar-refractivity contribution is 9.09. The molecular weight excluding hydrogens is 592 g/mol. The fraction of sp³-hybridized carbons (Fsp3) is 0.850. The van der Waals surface area contributed by atoms with E-state index in [1.54, 1.807) is 6.92 Å². The predicted octanol–water partition coefficient (Wildman–Crippen LogP) is 4.56. The molecule has 0 radical (unpaired) electrons. The standard InChI is InChI=1S/C11H18Br2O4.C5H9BrO.C3H8O2.CH4/c12-6-1-4-10(14)16-8-3-9-17-11(15)5-2-7-13;1-5(7)3-2-4-6;4-2-1-3-5;/h1-9H2;2-4H2,1H3;4-5H,1-3H2;1H4. The number of hydrogen-bond acceptors (Lipinski definition) is 7. The normalized spacial score (nSPS) is 9.13. The average Bonchev–Trinajstić information content (AvgIpc) is 2.70. The van der Waals surface area contributed by atoms with Gasteiger partial charge in [0.1, 0.15) is 5.78 Å². The first-order valence-electron chi connectivity index (χ1n) is 9.59. The van der Waals surface area contributed by atoms with Crippen LogP contribution < -0.4 is 0 Å². The lowest BCUT2D eigenvalue weighted by molar-refractivity contribution is -0.146. The van der Waals surface area contributed by atoms with Gasteiger partial charge in [0.15, 0.2) is 0 Å². The van der Waals surface area contributed by atoms with Crippen LogP contribution in [0.3, 0.4) is 0 Å². The Kier molecular flexibility index (Phi) is 41.8. The van der Waals surface area contributed by atoms with Crippen molar-refractivity contribution in [2.75, 3.05) is 42.4 Å². The van der Waals surface area contributed by atoms with Gasteiger partial charge in [0.25, 0.3) is 0 Å². The zero-order valence-corrected chi connectivity index (χ0v) is 21.9. The maximum atomic E-state index is 11.1. The summed E-state index contributed by atoms with van der Waals surface area (Å²) in [7, 11) is 0. The third-order valence-corrected chi connectivity index (χ3v) is 4.50. The monoisotopic (exact) mass is 628 g/mol. The van der Waals surface area contributed by atoms with Crippen molar-refractivity contribution < 1.29 is 34.1 Å². The SMILES string of the molecule is C.CC(=O)CCCBr.O=C(CCCBr)OCCCOC(=O)CCCBr.OCCCO. The number of carbonyl (C=O) groups is 3. The maximum absolute atomic E-state index is 11.1. The fourth-order valence-electron chi connectivity index (χ4n) is 1.38. The minimum atomic E-state index is -0.199. The van der Waals surface area contributed by atoms with Gasteiger partial charge in [0, 0.05) is 54.9 Å². The smallest absolute Gasteiger partial charge is 0.305 e. The number of aliphatic hydroxyl groups is 2. The molecule has 0 aliphatic carbocycles. The molecule has 0 amide bonds. The first-order chi connectivity index (χ1) is 13.9. The molecule has 0 heterocycles. The molecule has 0 saturated carbocycles. The first kappa shape index (κ1) is 37.3. The van der Waals surface area contributed by atoms with Gasteiger partial charge in [-0.1, -0.05) is 55.2 Å². The van der Waals surface area contributed by atoms with E-state index in [2.05, 4.69) is 47.8 Å². The number of carbonyl (C=O) groups excluding carboxylic acids is 3. The van der Waals surface area contributed by atoms with E-state index < -0.39 is 0 Å². The molecule has 0 aromatic rings. The quantitative estimate of drug-likeness (QED) is 0.155. The van der Waals surface area contributed by atoms with E-state index in [0.29, 0.717) is 45.3 Å². The van der Waals surface area contributed by atoms with Gasteiger partial charge in [0.2, 0.25) is 0 Å². The van der Waals surface area contributed by atoms with Crippen molar-refractivity contribution in [1.29, 1.82) is 0 Å². The second kappa shape index (κ2) is 33.6. The van der Waals surface area contributed by atoms with Crippen LogP contribution in [0, 0.1) is 0 Å². The van der Waals surface area contributed by atoms with Crippen LogP contribution in [0.15, 0.2) is 0 Å². The molecule has 0 bridgehead atoms. The summed E-state index contributed by atoms with van der Waals surface area (Å²) in [6.07, 6.45) is 5.15. The van der Waals surface area contributed by atoms with Crippen LogP contribution in [0.1, 0.15) is 65.7 Å². The molecule has 0 rings (SSSR count). The molecule has 0 aromatic carbocycles. The molecule has 0 aliphatic rings. The summed E-state index contributed by atoms with van der Waals surface area (Å²) in [6.45, 7) is 2.43. The Morgan fingerprint density at radius 3 is 1.27 bits per heavy atom. The Balaban J connectivity index is -0.000000215. The van der Waals surface area contributed by atoms with E-state index in [1.165, 1.54) is 0 Å². The van der Waals surface area contributed by atoms with Gasteiger partial charge in [-0.25, -0.2) is 0 Å². The molecule has 10 heteroatoms. The molecule has 0 spiro atoms. The number of Topliss-reactive ketones (excluding diaryl/α,β-unsaturated/α-hetero) is 1. The highest BCUT2D eigenvalue weighted by atomic mass is 79.9. The molecule has 0 fully saturated rings. The lowest BCUT2D eigenvalue weighted by Gasteiger charge is -2.05. The van der Waals surface area contributed by atoms with E-state index in [1.807, 2.05) is 0 Å². The Bertz CT molecular complexity index is 359. The summed E-state index contributed by atoms with van der Waals surface area (Å²) in [5.41, 5.74) is 0. The van der Waals surface area contributed by atoms with Crippen molar-refractivity contribution in [2.24, 2.45) is 0 Å². The molecule has 0 unspecified atom stereocenters. The second-order valence-electron chi connectivity index (χ2n) is 5.67. The Morgan fingerprint density at radius 1 is 0.667 bits per heavy atom. The minimum Gasteiger partial charge on any atom is -0.466 e. The van der Waals surface area contributed by atoms with Crippen molar-refractivity contribution in [1.82, 2.24) is 0 Å². The minimum absolute atomic E-state index is 0. The van der Waals surface area contributed by atoms with Gasteiger partial charge in [-0.3, -0.25) is 9.59 Å². The molecule has 0 atom stereocenters. The number of esters is 2. The van der Waals surface area contributed by atoms with Gasteiger partial charge in [-0.2, -0.15) is 0 Å². The number of hydrogen-bond donors (Lipinski definition) is 2. The molecule has 0 aliphatic heterocycles. The maximum Gasteiger partial charge on any atom is 0.305 e. The van der Waals surface area contributed by atoms with Crippen molar-refractivity contribution in [3.8, 4) is 0 Å². The number of ether oxygens (including phenoxy) is 2. The van der Waals surface area contributed by atoms with E-state index in [-0.39, 0.29) is 38.4 Å². The highest BCUT2D eigenvalue weighted by Gasteiger charge is 2.03. The van der Waals surface area contributed by atoms with E-state index in [9.17, 15) is 14.4 Å². The third kappa shape index (κ3) is 42.1. The zero-order valence-electron chi connectivity index (χ0n) is 17.2. The van der Waals surface area contributed by atoms with Crippen LogP contribution >= 0.6 is 47.8 Å². The number of halogens is 3. The van der Waals surface area contributed by atoms with E-state index in [0.717, 1.165) is 35.3 Å². The largest absolute Gasteiger partial charge is 0.466 e. The summed E-state index contributed by atoms with van der Waals surface area (Å²) in [6, 6.07) is 0. The lowest BCUT2D eigenvalue weighted by Crippen LogP contribution is -2.10. The van der Waals surface area contributed by atoms with Crippen molar-refractivity contribution in [3.63, 3.8) is 0 Å². The summed E-state index contributed by atoms with van der Waals surface area (Å²) < 4.78 is 9.90. The van der Waals surface area contributed by atoms with Crippen LogP contribution in [0.5, 0.6) is 0 Å². The molecule has 2 N–H and O–H groups in total. The summed E-state index contributed by atoms with van der Waals surface area (Å²) in [4.78, 5) is 32.4. The van der Waals surface area contributed by atoms with Crippen LogP contribution in [0.2, 0.25) is 0 Å². The summed E-state index contributed by atoms with van der Waals surface area (Å²) in [5, 5.41) is 18.3. The average molecular weight is 631 g/mol. The molecular formula is C20H39Br3O7. The Hall–Kier alpha value is -0.0300. The van der Waals surface area contributed by atoms with E-state index >= 15 is 0 Å². The van der Waals surface area contributed by atoms with Gasteiger partial charge in [-0.15, -0.1) is 0 Å². The third-order valence-electron chi connectivity index (χ3n) is 2.82. The molecule has 182 valence electrons. The number of aliphatic hydroxyl groups excluding tert-OH is 2. The van der Waals surface area contributed by atoms with Crippen molar-refractivity contribution in [2.45, 2.75) is 65.7 Å². The summed E-state index contributed by atoms with van der Waals surface area (Å²) in [5.74, 6) is -0.121. The molecule has 0 aromatic heterocycles. The van der Waals surface area contributed by atoms with Crippen molar-refractivity contribution >= 4 is 65.5 Å². The topological polar surface area (TPSA) is 110 Å². The highest BCUT2D eigenvalue weighted by Crippen LogP contribution is 1.99. The second-order valence-corrected chi connectivity index (χ2v) is 8.05. The van der Waals surface area contributed by atoms with Gasteiger partial charge in [0.05, 0.1) is 13.2 Å². The predicted molar refractivity (Wildman–Crippen MR) is 132 cm³/mol. The lowest BCUT2D eigenvalue weighted by atomic mass is 10.3. The Morgan fingerprint density at radius 2 is 1.03 bits per heavy atom. The zero-order chi connectivity index (χ0) is 22.8. The van der Waals surface area contributed by atoms with Gasteiger partial charge >= 0.3 is 11.9 Å². The Labute approximate surface area is 207 Å². The molecule has 0 saturated heterocycles. The van der Waals surface area contributed by atoms with E-state index in [4.69, 9.17) is 19.7 Å². The van der Waals surface area contributed by atoms with Crippen LogP contribution in [0.4, 0.5) is 0 Å². The first-order valence-corrected chi connectivity index (χ1v) is 13.0. The van der Waals surface area contributed by atoms with Crippen LogP contribution in [-0.2, 0) is 23.9 Å². The van der Waals surface area contributed by atoms with Crippen LogP contribution in [-0.4, -0.2) is 70.4 Å². The fourth-order valence-corrected chi connectivity index (χ4v) is 2.23. The van der Waals surface area contributed by atoms with Crippen LogP contribution in [0.25, 0.3) is 0 Å². The summed E-state index contributed by atoms with van der Waals surface area (Å²) >= 11 is 9.70. The van der Waals surface area contributed by atoms with Crippen molar-refractivity contribution in [3.05, 3.63) is 0 Å². The van der Waals surface area contributed by atoms with Gasteiger partial charge < -0.3 is 24.5 Å². The number of alkyl halides is 3. The molecule has 30 heavy (non-hydrogen) atoms. The number of rotatable bonds is 15. The number of ketones is 1. The molecule has 7 nitrogen and oxygen atoms in total.